The number of hydrogen-bond donors (Lipinski definition) is 1. The van der Waals surface area contributed by atoms with Gasteiger partial charge < -0.3 is 10.2 Å². The zero-order valence-corrected chi connectivity index (χ0v) is 17.6. The summed E-state index contributed by atoms with van der Waals surface area (Å²) in [6.45, 7) is 0.611. The molecule has 2 aliphatic rings. The molecule has 1 amide bonds. The van der Waals surface area contributed by atoms with Gasteiger partial charge >= 0.3 is 0 Å². The lowest BCUT2D eigenvalue weighted by Crippen LogP contribution is -2.28. The van der Waals surface area contributed by atoms with Crippen molar-refractivity contribution in [2.75, 3.05) is 16.8 Å². The van der Waals surface area contributed by atoms with Crippen molar-refractivity contribution in [1.29, 1.82) is 0 Å². The first-order valence-electron chi connectivity index (χ1n) is 10.6. The Labute approximate surface area is 179 Å². The van der Waals surface area contributed by atoms with Crippen LogP contribution in [0.3, 0.4) is 0 Å². The van der Waals surface area contributed by atoms with Crippen LogP contribution in [0, 0.1) is 5.82 Å². The van der Waals surface area contributed by atoms with Crippen molar-refractivity contribution >= 4 is 28.1 Å². The van der Waals surface area contributed by atoms with Crippen LogP contribution in [0.1, 0.15) is 48.0 Å². The van der Waals surface area contributed by atoms with Crippen LogP contribution >= 0.6 is 11.3 Å². The second-order valence-corrected chi connectivity index (χ2v) is 8.94. The number of hydrogen-bond acceptors (Lipinski definition) is 4. The van der Waals surface area contributed by atoms with E-state index < -0.39 is 5.82 Å². The van der Waals surface area contributed by atoms with E-state index in [1.165, 1.54) is 44.2 Å². The highest BCUT2D eigenvalue weighted by atomic mass is 32.1. The molecule has 2 aromatic carbocycles. The van der Waals surface area contributed by atoms with Gasteiger partial charge in [-0.15, -0.1) is 11.3 Å². The summed E-state index contributed by atoms with van der Waals surface area (Å²) in [7, 11) is 0. The van der Waals surface area contributed by atoms with E-state index in [2.05, 4.69) is 16.8 Å². The summed E-state index contributed by atoms with van der Waals surface area (Å²) in [5.74, 6) is -0.551. The van der Waals surface area contributed by atoms with E-state index in [1.54, 1.807) is 28.4 Å². The Morgan fingerprint density at radius 2 is 2.00 bits per heavy atom. The van der Waals surface area contributed by atoms with E-state index in [-0.39, 0.29) is 5.91 Å². The van der Waals surface area contributed by atoms with Gasteiger partial charge in [-0.1, -0.05) is 31.4 Å². The van der Waals surface area contributed by atoms with Crippen molar-refractivity contribution in [3.8, 4) is 11.3 Å². The van der Waals surface area contributed by atoms with Gasteiger partial charge in [0, 0.05) is 34.8 Å². The second kappa shape index (κ2) is 8.19. The molecule has 1 aliphatic heterocycles. The molecule has 0 radical (unpaired) electrons. The van der Waals surface area contributed by atoms with Crippen LogP contribution in [0.25, 0.3) is 11.3 Å². The lowest BCUT2D eigenvalue weighted by atomic mass is 9.96. The number of rotatable bonds is 4. The second-order valence-electron chi connectivity index (χ2n) is 8.08. The van der Waals surface area contributed by atoms with Crippen molar-refractivity contribution in [3.63, 3.8) is 0 Å². The lowest BCUT2D eigenvalue weighted by Gasteiger charge is -2.22. The van der Waals surface area contributed by atoms with Gasteiger partial charge in [0.2, 0.25) is 0 Å². The minimum atomic E-state index is -0.392. The summed E-state index contributed by atoms with van der Waals surface area (Å²) < 4.78 is 13.5. The standard InChI is InChI=1S/C24H24FN3OS/c25-19-6-4-5-18(14-19)23(29)28-12-11-17-13-16(9-10-22(17)28)21-15-30-24(27-21)26-20-7-2-1-3-8-20/h4-6,9-10,13-15,20H,1-3,7-8,11-12H2,(H,26,27). The van der Waals surface area contributed by atoms with Crippen molar-refractivity contribution in [2.45, 2.75) is 44.6 Å². The number of aromatic nitrogens is 1. The SMILES string of the molecule is O=C(c1cccc(F)c1)N1CCc2cc(-c3csc(NC4CCCCC4)n3)ccc21. The Kier molecular flexibility index (Phi) is 5.25. The molecule has 1 N–H and O–H groups in total. The predicted octanol–water partition coefficient (Wildman–Crippen LogP) is 5.90. The van der Waals surface area contributed by atoms with E-state index in [9.17, 15) is 9.18 Å². The predicted molar refractivity (Wildman–Crippen MR) is 120 cm³/mol. The number of carbonyl (C=O) groups excluding carboxylic acids is 1. The number of nitrogens with one attached hydrogen (secondary N) is 1. The Bertz CT molecular complexity index is 1070. The first-order valence-corrected chi connectivity index (χ1v) is 11.5. The summed E-state index contributed by atoms with van der Waals surface area (Å²) in [6.07, 6.45) is 7.18. The Balaban J connectivity index is 1.33. The average molecular weight is 422 g/mol. The average Bonchev–Trinajstić information content (AvgIpc) is 3.40. The first kappa shape index (κ1) is 19.2. The highest BCUT2D eigenvalue weighted by molar-refractivity contribution is 7.14. The fraction of sp³-hybridized carbons (Fsp3) is 0.333. The first-order chi connectivity index (χ1) is 14.7. The molecule has 1 aliphatic carbocycles. The van der Waals surface area contributed by atoms with Crippen LogP contribution in [0.2, 0.25) is 0 Å². The smallest absolute Gasteiger partial charge is 0.258 e. The van der Waals surface area contributed by atoms with E-state index in [4.69, 9.17) is 4.98 Å². The third-order valence-electron chi connectivity index (χ3n) is 6.02. The minimum Gasteiger partial charge on any atom is -0.359 e. The number of amides is 1. The molecule has 0 saturated heterocycles. The Hall–Kier alpha value is -2.73. The molecule has 0 spiro atoms. The summed E-state index contributed by atoms with van der Waals surface area (Å²) in [5.41, 5.74) is 4.46. The van der Waals surface area contributed by atoms with Crippen LogP contribution in [0.5, 0.6) is 0 Å². The minimum absolute atomic E-state index is 0.159. The lowest BCUT2D eigenvalue weighted by molar-refractivity contribution is 0.0989. The summed E-state index contributed by atoms with van der Waals surface area (Å²) in [4.78, 5) is 19.4. The molecule has 5 rings (SSSR count). The van der Waals surface area contributed by atoms with Crippen molar-refractivity contribution in [2.24, 2.45) is 0 Å². The molecule has 1 aromatic heterocycles. The highest BCUT2D eigenvalue weighted by Gasteiger charge is 2.26. The summed E-state index contributed by atoms with van der Waals surface area (Å²) in [5, 5.41) is 6.67. The van der Waals surface area contributed by atoms with E-state index >= 15 is 0 Å². The molecule has 1 saturated carbocycles. The van der Waals surface area contributed by atoms with Crippen LogP contribution in [-0.2, 0) is 6.42 Å². The number of thiazole rings is 1. The maximum Gasteiger partial charge on any atom is 0.258 e. The van der Waals surface area contributed by atoms with E-state index in [1.807, 2.05) is 12.1 Å². The van der Waals surface area contributed by atoms with Crippen molar-refractivity contribution in [1.82, 2.24) is 4.98 Å². The number of carbonyl (C=O) groups is 1. The maximum absolute atomic E-state index is 13.5. The molecule has 1 fully saturated rings. The van der Waals surface area contributed by atoms with Gasteiger partial charge in [-0.05, 0) is 55.2 Å². The van der Waals surface area contributed by atoms with Crippen molar-refractivity contribution in [3.05, 3.63) is 64.8 Å². The number of fused-ring (bicyclic) bond motifs is 1. The molecule has 3 aromatic rings. The quantitative estimate of drug-likeness (QED) is 0.571. The Morgan fingerprint density at radius 3 is 2.83 bits per heavy atom. The van der Waals surface area contributed by atoms with E-state index in [0.29, 0.717) is 18.2 Å². The molecule has 0 atom stereocenters. The number of benzene rings is 2. The van der Waals surface area contributed by atoms with Gasteiger partial charge in [-0.2, -0.15) is 0 Å². The molecule has 6 heteroatoms. The van der Waals surface area contributed by atoms with Crippen LogP contribution in [0.15, 0.2) is 47.8 Å². The molecule has 4 nitrogen and oxygen atoms in total. The van der Waals surface area contributed by atoms with Gasteiger partial charge in [0.1, 0.15) is 5.82 Å². The van der Waals surface area contributed by atoms with Crippen LogP contribution in [0.4, 0.5) is 15.2 Å². The fourth-order valence-corrected chi connectivity index (χ4v) is 5.24. The number of nitrogens with zero attached hydrogens (tertiary/aromatic N) is 2. The molecule has 30 heavy (non-hydrogen) atoms. The molecule has 154 valence electrons. The molecule has 0 unspecified atom stereocenters. The normalized spacial score (nSPS) is 16.5. The van der Waals surface area contributed by atoms with Gasteiger partial charge in [0.05, 0.1) is 5.69 Å². The zero-order chi connectivity index (χ0) is 20.5. The summed E-state index contributed by atoms with van der Waals surface area (Å²) >= 11 is 1.65. The molecular formula is C24H24FN3OS. The van der Waals surface area contributed by atoms with Crippen molar-refractivity contribution < 1.29 is 9.18 Å². The number of anilines is 2. The van der Waals surface area contributed by atoms with E-state index in [0.717, 1.165) is 34.1 Å². The maximum atomic E-state index is 13.5. The highest BCUT2D eigenvalue weighted by Crippen LogP contribution is 2.34. The Morgan fingerprint density at radius 1 is 1.13 bits per heavy atom. The number of halogens is 1. The van der Waals surface area contributed by atoms with Crippen LogP contribution < -0.4 is 10.2 Å². The zero-order valence-electron chi connectivity index (χ0n) is 16.7. The molecular weight excluding hydrogens is 397 g/mol. The topological polar surface area (TPSA) is 45.2 Å². The monoisotopic (exact) mass is 421 g/mol. The molecule has 0 bridgehead atoms. The third-order valence-corrected chi connectivity index (χ3v) is 6.80. The van der Waals surface area contributed by atoms with Gasteiger partial charge in [-0.25, -0.2) is 9.37 Å². The van der Waals surface area contributed by atoms with Gasteiger partial charge in [0.25, 0.3) is 5.91 Å². The van der Waals surface area contributed by atoms with Gasteiger partial charge in [0.15, 0.2) is 5.13 Å². The largest absolute Gasteiger partial charge is 0.359 e. The molecule has 2 heterocycles. The van der Waals surface area contributed by atoms with Gasteiger partial charge in [-0.3, -0.25) is 4.79 Å². The van der Waals surface area contributed by atoms with Crippen LogP contribution in [-0.4, -0.2) is 23.5 Å². The summed E-state index contributed by atoms with van der Waals surface area (Å²) in [6, 6.07) is 12.6. The third kappa shape index (κ3) is 3.84. The fourth-order valence-electron chi connectivity index (χ4n) is 4.44.